The minimum atomic E-state index is -0.909. The highest BCUT2D eigenvalue weighted by Gasteiger charge is 2.42. The zero-order valence-electron chi connectivity index (χ0n) is 21.4. The Morgan fingerprint density at radius 3 is 2.76 bits per heavy atom. The van der Waals surface area contributed by atoms with Gasteiger partial charge in [0.1, 0.15) is 6.61 Å². The number of hydrogen-bond donors (Lipinski definition) is 2. The number of esters is 1. The van der Waals surface area contributed by atoms with Crippen molar-refractivity contribution in [2.45, 2.75) is 45.4 Å². The molecular formula is C27H30N2O7S2. The van der Waals surface area contributed by atoms with Crippen LogP contribution in [0.3, 0.4) is 0 Å². The number of rotatable bonds is 10. The fraction of sp³-hybridized carbons (Fsp3) is 0.407. The van der Waals surface area contributed by atoms with E-state index in [1.807, 2.05) is 24.4 Å². The summed E-state index contributed by atoms with van der Waals surface area (Å²) in [6.45, 7) is 5.81. The maximum Gasteiger partial charge on any atom is 0.336 e. The van der Waals surface area contributed by atoms with Crippen LogP contribution < -0.4 is 10.1 Å². The van der Waals surface area contributed by atoms with E-state index < -0.39 is 28.2 Å². The maximum absolute atomic E-state index is 13.7. The van der Waals surface area contributed by atoms with Crippen LogP contribution in [-0.4, -0.2) is 46.5 Å². The van der Waals surface area contributed by atoms with Crippen molar-refractivity contribution in [3.8, 4) is 11.5 Å². The Hall–Kier alpha value is -3.31. The number of phenolic OH excluding ortho intramolecular Hbond substituents is 1. The molecule has 1 aliphatic heterocycles. The second-order valence-electron chi connectivity index (χ2n) is 8.94. The number of nitro benzene ring substituents is 1. The van der Waals surface area contributed by atoms with Gasteiger partial charge in [-0.3, -0.25) is 14.9 Å². The Morgan fingerprint density at radius 1 is 1.32 bits per heavy atom. The van der Waals surface area contributed by atoms with E-state index >= 15 is 0 Å². The minimum absolute atomic E-state index is 0.00471. The zero-order valence-corrected chi connectivity index (χ0v) is 23.1. The van der Waals surface area contributed by atoms with E-state index in [2.05, 4.69) is 5.32 Å². The number of ether oxygens (including phenoxy) is 2. The number of allylic oxidation sites excluding steroid dienone is 3. The predicted octanol–water partition coefficient (Wildman–Crippen LogP) is 5.42. The molecule has 11 heteroatoms. The number of Topliss-reactive ketones (excluding diaryl/α,β-unsaturated/α-hetero) is 1. The summed E-state index contributed by atoms with van der Waals surface area (Å²) in [6.07, 6.45) is 0.813. The van der Waals surface area contributed by atoms with Crippen molar-refractivity contribution in [1.82, 2.24) is 5.32 Å². The zero-order chi connectivity index (χ0) is 27.4. The van der Waals surface area contributed by atoms with Gasteiger partial charge >= 0.3 is 11.7 Å². The van der Waals surface area contributed by atoms with Gasteiger partial charge in [0.2, 0.25) is 5.75 Å². The molecule has 202 valence electrons. The molecule has 2 aromatic rings. The van der Waals surface area contributed by atoms with Crippen molar-refractivity contribution in [3.63, 3.8) is 0 Å². The molecule has 1 aliphatic carbocycles. The fourth-order valence-corrected chi connectivity index (χ4v) is 6.29. The van der Waals surface area contributed by atoms with E-state index in [-0.39, 0.29) is 42.7 Å². The lowest BCUT2D eigenvalue weighted by Crippen LogP contribution is -2.36. The average molecular weight is 559 g/mol. The van der Waals surface area contributed by atoms with Crippen LogP contribution in [0.25, 0.3) is 0 Å². The highest BCUT2D eigenvalue weighted by molar-refractivity contribution is 7.99. The number of nitrogens with zero attached hydrogens (tertiary/aromatic N) is 1. The molecule has 0 fully saturated rings. The molecule has 0 radical (unpaired) electrons. The van der Waals surface area contributed by atoms with Gasteiger partial charge < -0.3 is 19.9 Å². The van der Waals surface area contributed by atoms with E-state index in [1.54, 1.807) is 36.9 Å². The quantitative estimate of drug-likeness (QED) is 0.170. The number of nitrogens with one attached hydrogen (secondary N) is 1. The molecule has 38 heavy (non-hydrogen) atoms. The van der Waals surface area contributed by atoms with Crippen molar-refractivity contribution in [1.29, 1.82) is 0 Å². The van der Waals surface area contributed by atoms with Crippen molar-refractivity contribution in [2.24, 2.45) is 0 Å². The number of ketones is 1. The van der Waals surface area contributed by atoms with Gasteiger partial charge in [0.15, 0.2) is 11.5 Å². The smallest absolute Gasteiger partial charge is 0.336 e. The molecule has 0 amide bonds. The van der Waals surface area contributed by atoms with Gasteiger partial charge in [0.05, 0.1) is 17.1 Å². The SMILES string of the molecule is CCOc1cc([C@H]2C(C(=O)OCCSCC)=C(C)NC3=C2C(=O)C[C@@H](c2cccs2)C3)cc([N+](=O)[O-])c1O. The lowest BCUT2D eigenvalue weighted by atomic mass is 9.72. The van der Waals surface area contributed by atoms with Crippen LogP contribution in [0.5, 0.6) is 11.5 Å². The molecule has 0 bridgehead atoms. The topological polar surface area (TPSA) is 128 Å². The normalized spacial score (nSPS) is 19.2. The summed E-state index contributed by atoms with van der Waals surface area (Å²) in [7, 11) is 0. The van der Waals surface area contributed by atoms with Gasteiger partial charge in [-0.15, -0.1) is 11.3 Å². The second kappa shape index (κ2) is 12.0. The third kappa shape index (κ3) is 5.58. The van der Waals surface area contributed by atoms with Crippen molar-refractivity contribution in [2.75, 3.05) is 24.7 Å². The number of hydrogen-bond acceptors (Lipinski definition) is 10. The molecule has 2 aliphatic rings. The molecule has 2 heterocycles. The number of carbonyl (C=O) groups excluding carboxylic acids is 2. The molecule has 4 rings (SSSR count). The Kier molecular flexibility index (Phi) is 8.78. The molecule has 9 nitrogen and oxygen atoms in total. The third-order valence-electron chi connectivity index (χ3n) is 6.57. The first-order chi connectivity index (χ1) is 18.3. The van der Waals surface area contributed by atoms with Crippen LogP contribution in [0.15, 0.2) is 52.2 Å². The van der Waals surface area contributed by atoms with Crippen molar-refractivity contribution in [3.05, 3.63) is 72.7 Å². The van der Waals surface area contributed by atoms with Gasteiger partial charge in [-0.2, -0.15) is 11.8 Å². The molecule has 0 saturated carbocycles. The highest BCUT2D eigenvalue weighted by Crippen LogP contribution is 2.49. The Balaban J connectivity index is 1.84. The summed E-state index contributed by atoms with van der Waals surface area (Å²) < 4.78 is 11.1. The van der Waals surface area contributed by atoms with Gasteiger partial charge in [0.25, 0.3) is 0 Å². The molecule has 2 N–H and O–H groups in total. The molecule has 0 unspecified atom stereocenters. The van der Waals surface area contributed by atoms with Crippen molar-refractivity contribution >= 4 is 40.5 Å². The summed E-state index contributed by atoms with van der Waals surface area (Å²) in [5.41, 5.74) is 1.57. The minimum Gasteiger partial charge on any atom is -0.500 e. The standard InChI is InChI=1S/C27H30N2O7S2/c1-4-35-21-14-17(12-19(26(21)31)29(33)34)24-23(27(32)36-8-10-37-5-2)15(3)28-18-11-16(13-20(30)25(18)24)22-7-6-9-38-22/h6-7,9,12,14,16,24,28,31H,4-5,8,10-11,13H2,1-3H3/t16-,24-/m0/s1. The van der Waals surface area contributed by atoms with Crippen molar-refractivity contribution < 1.29 is 29.1 Å². The molecule has 0 spiro atoms. The van der Waals surface area contributed by atoms with Crippen LogP contribution in [0.4, 0.5) is 5.69 Å². The van der Waals surface area contributed by atoms with E-state index in [0.29, 0.717) is 34.7 Å². The van der Waals surface area contributed by atoms with Crippen LogP contribution >= 0.6 is 23.1 Å². The lowest BCUT2D eigenvalue weighted by Gasteiger charge is -2.36. The number of thiophene rings is 1. The van der Waals surface area contributed by atoms with Crippen LogP contribution in [-0.2, 0) is 14.3 Å². The van der Waals surface area contributed by atoms with Gasteiger partial charge in [-0.25, -0.2) is 4.79 Å². The number of benzene rings is 1. The third-order valence-corrected chi connectivity index (χ3v) is 8.46. The summed E-state index contributed by atoms with van der Waals surface area (Å²) in [6, 6.07) is 6.64. The number of phenols is 1. The first-order valence-corrected chi connectivity index (χ1v) is 14.5. The fourth-order valence-electron chi connectivity index (χ4n) is 4.97. The summed E-state index contributed by atoms with van der Waals surface area (Å²) in [5, 5.41) is 27.5. The van der Waals surface area contributed by atoms with Crippen LogP contribution in [0, 0.1) is 10.1 Å². The first kappa shape index (κ1) is 27.7. The number of thioether (sulfide) groups is 1. The average Bonchev–Trinajstić information content (AvgIpc) is 3.42. The predicted molar refractivity (Wildman–Crippen MR) is 147 cm³/mol. The Bertz CT molecular complexity index is 1300. The monoisotopic (exact) mass is 558 g/mol. The van der Waals surface area contributed by atoms with E-state index in [4.69, 9.17) is 9.47 Å². The lowest BCUT2D eigenvalue weighted by molar-refractivity contribution is -0.386. The first-order valence-electron chi connectivity index (χ1n) is 12.4. The van der Waals surface area contributed by atoms with E-state index in [1.165, 1.54) is 12.1 Å². The number of carbonyl (C=O) groups is 2. The largest absolute Gasteiger partial charge is 0.500 e. The summed E-state index contributed by atoms with van der Waals surface area (Å²) in [4.78, 5) is 39.3. The van der Waals surface area contributed by atoms with Crippen LogP contribution in [0.1, 0.15) is 55.9 Å². The molecular weight excluding hydrogens is 528 g/mol. The van der Waals surface area contributed by atoms with Crippen LogP contribution in [0.2, 0.25) is 0 Å². The Labute approximate surface area is 229 Å². The molecule has 1 aromatic carbocycles. The summed E-state index contributed by atoms with van der Waals surface area (Å²) >= 11 is 3.23. The van der Waals surface area contributed by atoms with Gasteiger partial charge in [0, 0.05) is 51.9 Å². The number of dihydropyridines is 1. The van der Waals surface area contributed by atoms with E-state index in [9.17, 15) is 24.8 Å². The number of aromatic hydroxyl groups is 1. The molecule has 1 aromatic heterocycles. The summed E-state index contributed by atoms with van der Waals surface area (Å²) in [5.74, 6) is -0.819. The maximum atomic E-state index is 13.7. The Morgan fingerprint density at radius 2 is 2.11 bits per heavy atom. The number of nitro groups is 1. The molecule has 0 saturated heterocycles. The molecule has 2 atom stereocenters. The van der Waals surface area contributed by atoms with E-state index in [0.717, 1.165) is 10.6 Å². The van der Waals surface area contributed by atoms with Gasteiger partial charge in [-0.1, -0.05) is 13.0 Å². The van der Waals surface area contributed by atoms with Gasteiger partial charge in [-0.05, 0) is 49.1 Å². The highest BCUT2D eigenvalue weighted by atomic mass is 32.2. The second-order valence-corrected chi connectivity index (χ2v) is 11.3.